The van der Waals surface area contributed by atoms with Crippen molar-refractivity contribution in [3.05, 3.63) is 35.9 Å². The van der Waals surface area contributed by atoms with Gasteiger partial charge in [-0.2, -0.15) is 21.6 Å². The molecule has 0 aliphatic carbocycles. The monoisotopic (exact) mass is 484 g/mol. The van der Waals surface area contributed by atoms with Crippen molar-refractivity contribution in [3.8, 4) is 0 Å². The van der Waals surface area contributed by atoms with Crippen LogP contribution >= 0.6 is 0 Å². The SMILES string of the molecule is CC1(C)O[C@H]([C@@H](O[Si](C)(C)C(C)(C)C)c2ccccc2)[C@@H](COS(=O)(=O)C(F)(F)F)O1. The van der Waals surface area contributed by atoms with E-state index in [0.29, 0.717) is 0 Å². The molecule has 0 spiro atoms. The molecule has 0 N–H and O–H groups in total. The lowest BCUT2D eigenvalue weighted by atomic mass is 10.0. The summed E-state index contributed by atoms with van der Waals surface area (Å²) in [6.07, 6.45) is -2.66. The van der Waals surface area contributed by atoms with Gasteiger partial charge in [-0.25, -0.2) is 0 Å². The molecule has 11 heteroatoms. The summed E-state index contributed by atoms with van der Waals surface area (Å²) in [6.45, 7) is 12.6. The first-order chi connectivity index (χ1) is 13.9. The Kier molecular flexibility index (Phi) is 7.42. The zero-order valence-electron chi connectivity index (χ0n) is 18.8. The zero-order valence-corrected chi connectivity index (χ0v) is 20.6. The number of hydrogen-bond donors (Lipinski definition) is 0. The van der Waals surface area contributed by atoms with Crippen LogP contribution in [0.1, 0.15) is 46.3 Å². The Morgan fingerprint density at radius 2 is 1.65 bits per heavy atom. The predicted octanol–water partition coefficient (Wildman–Crippen LogP) is 5.14. The number of benzene rings is 1. The molecule has 3 atom stereocenters. The second-order valence-electron chi connectivity index (χ2n) is 9.53. The van der Waals surface area contributed by atoms with Crippen molar-refractivity contribution >= 4 is 18.4 Å². The lowest BCUT2D eigenvalue weighted by Gasteiger charge is -2.41. The summed E-state index contributed by atoms with van der Waals surface area (Å²) in [5, 5.41) is -0.152. The van der Waals surface area contributed by atoms with E-state index in [1.54, 1.807) is 13.8 Å². The van der Waals surface area contributed by atoms with E-state index in [4.69, 9.17) is 13.9 Å². The molecule has 1 aliphatic heterocycles. The fourth-order valence-corrected chi connectivity index (χ4v) is 4.64. The number of hydrogen-bond acceptors (Lipinski definition) is 6. The van der Waals surface area contributed by atoms with Crippen molar-refractivity contribution in [2.24, 2.45) is 0 Å². The van der Waals surface area contributed by atoms with Crippen molar-refractivity contribution in [3.63, 3.8) is 0 Å². The highest BCUT2D eigenvalue weighted by Crippen LogP contribution is 2.44. The van der Waals surface area contributed by atoms with Gasteiger partial charge in [-0.05, 0) is 37.5 Å². The van der Waals surface area contributed by atoms with E-state index in [2.05, 4.69) is 25.0 Å². The molecule has 0 amide bonds. The van der Waals surface area contributed by atoms with Crippen LogP contribution in [0.3, 0.4) is 0 Å². The molecule has 1 fully saturated rings. The topological polar surface area (TPSA) is 71.1 Å². The predicted molar refractivity (Wildman–Crippen MR) is 112 cm³/mol. The van der Waals surface area contributed by atoms with Crippen LogP contribution in [0.4, 0.5) is 13.2 Å². The van der Waals surface area contributed by atoms with E-state index in [-0.39, 0.29) is 5.04 Å². The van der Waals surface area contributed by atoms with Gasteiger partial charge >= 0.3 is 15.6 Å². The molecule has 1 aromatic rings. The first kappa shape index (κ1) is 26.3. The maximum atomic E-state index is 12.7. The number of ether oxygens (including phenoxy) is 2. The lowest BCUT2D eigenvalue weighted by molar-refractivity contribution is -0.156. The first-order valence-electron chi connectivity index (χ1n) is 9.90. The molecule has 0 radical (unpaired) electrons. The summed E-state index contributed by atoms with van der Waals surface area (Å²) in [6, 6.07) is 9.13. The van der Waals surface area contributed by atoms with Gasteiger partial charge in [0.05, 0.1) is 12.7 Å². The van der Waals surface area contributed by atoms with Crippen LogP contribution in [0.2, 0.25) is 18.1 Å². The first-order valence-corrected chi connectivity index (χ1v) is 14.2. The van der Waals surface area contributed by atoms with Crippen molar-refractivity contribution in [2.75, 3.05) is 6.61 Å². The fourth-order valence-electron chi connectivity index (χ4n) is 2.93. The van der Waals surface area contributed by atoms with E-state index in [0.717, 1.165) is 5.56 Å². The minimum atomic E-state index is -5.76. The van der Waals surface area contributed by atoms with Crippen molar-refractivity contribution < 1.29 is 39.7 Å². The summed E-state index contributed by atoms with van der Waals surface area (Å²) in [7, 11) is -8.12. The minimum absolute atomic E-state index is 0.152. The molecule has 1 saturated heterocycles. The van der Waals surface area contributed by atoms with Gasteiger partial charge in [-0.3, -0.25) is 4.18 Å². The third-order valence-electron chi connectivity index (χ3n) is 5.55. The Hall–Kier alpha value is -0.983. The molecular weight excluding hydrogens is 453 g/mol. The van der Waals surface area contributed by atoms with Crippen molar-refractivity contribution in [1.82, 2.24) is 0 Å². The Bertz CT molecular complexity index is 850. The van der Waals surface area contributed by atoms with Gasteiger partial charge in [-0.15, -0.1) is 0 Å². The Balaban J connectivity index is 2.39. The van der Waals surface area contributed by atoms with Crippen molar-refractivity contribution in [2.45, 2.75) is 82.4 Å². The average molecular weight is 485 g/mol. The van der Waals surface area contributed by atoms with E-state index >= 15 is 0 Å². The van der Waals surface area contributed by atoms with Crippen molar-refractivity contribution in [1.29, 1.82) is 0 Å². The minimum Gasteiger partial charge on any atom is -0.407 e. The molecule has 31 heavy (non-hydrogen) atoms. The standard InChI is InChI=1S/C20H31F3O6SSi/c1-18(2,3)31(6,7)29-16(14-11-9-8-10-12-14)17-15(27-19(4,5)28-17)13-26-30(24,25)20(21,22)23/h8-12,15-17H,13H2,1-7H3/t15-,16+,17+/m1/s1. The van der Waals surface area contributed by atoms with Gasteiger partial charge in [0.1, 0.15) is 12.2 Å². The van der Waals surface area contributed by atoms with E-state index in [1.165, 1.54) is 0 Å². The Labute approximate surface area is 183 Å². The molecule has 0 unspecified atom stereocenters. The van der Waals surface area contributed by atoms with Crippen LogP contribution in [0.15, 0.2) is 30.3 Å². The molecule has 0 aromatic heterocycles. The smallest absolute Gasteiger partial charge is 0.407 e. The summed E-state index contributed by atoms with van der Waals surface area (Å²) in [5.74, 6) is -1.16. The van der Waals surface area contributed by atoms with Gasteiger partial charge in [0, 0.05) is 0 Å². The van der Waals surface area contributed by atoms with Crippen LogP contribution in [0, 0.1) is 0 Å². The third-order valence-corrected chi connectivity index (χ3v) is 11.0. The zero-order chi connectivity index (χ0) is 23.9. The van der Waals surface area contributed by atoms with E-state index in [9.17, 15) is 21.6 Å². The molecule has 1 aromatic carbocycles. The highest BCUT2D eigenvalue weighted by Gasteiger charge is 2.52. The van der Waals surface area contributed by atoms with Crippen LogP contribution in [0.5, 0.6) is 0 Å². The van der Waals surface area contributed by atoms with Gasteiger partial charge < -0.3 is 13.9 Å². The third kappa shape index (κ3) is 6.29. The highest BCUT2D eigenvalue weighted by atomic mass is 32.2. The number of rotatable bonds is 7. The second kappa shape index (κ2) is 8.75. The lowest BCUT2D eigenvalue weighted by Crippen LogP contribution is -2.46. The Morgan fingerprint density at radius 1 is 1.10 bits per heavy atom. The Morgan fingerprint density at radius 3 is 2.13 bits per heavy atom. The van der Waals surface area contributed by atoms with Crippen LogP contribution in [-0.2, 0) is 28.2 Å². The van der Waals surface area contributed by atoms with Crippen LogP contribution < -0.4 is 0 Å². The molecule has 0 saturated carbocycles. The van der Waals surface area contributed by atoms with Crippen LogP contribution in [0.25, 0.3) is 0 Å². The summed E-state index contributed by atoms with van der Waals surface area (Å²) >= 11 is 0. The average Bonchev–Trinajstić information content (AvgIpc) is 2.91. The van der Waals surface area contributed by atoms with Gasteiger partial charge in [0.2, 0.25) is 0 Å². The number of alkyl halides is 3. The molecule has 0 bridgehead atoms. The quantitative estimate of drug-likeness (QED) is 0.303. The normalized spacial score (nSPS) is 23.7. The fraction of sp³-hybridized carbons (Fsp3) is 0.700. The second-order valence-corrected chi connectivity index (χ2v) is 15.9. The van der Waals surface area contributed by atoms with E-state index in [1.807, 2.05) is 43.4 Å². The molecular formula is C20H31F3O6SSi. The van der Waals surface area contributed by atoms with Gasteiger partial charge in [0.25, 0.3) is 0 Å². The molecule has 178 valence electrons. The summed E-state index contributed by atoms with van der Waals surface area (Å²) < 4.78 is 83.6. The maximum Gasteiger partial charge on any atom is 0.523 e. The van der Waals surface area contributed by atoms with E-state index < -0.39 is 54.6 Å². The molecule has 2 rings (SSSR count). The molecule has 6 nitrogen and oxygen atoms in total. The highest BCUT2D eigenvalue weighted by molar-refractivity contribution is 7.87. The van der Waals surface area contributed by atoms with Gasteiger partial charge in [0.15, 0.2) is 14.1 Å². The number of halogens is 3. The maximum absolute atomic E-state index is 12.7. The van der Waals surface area contributed by atoms with Gasteiger partial charge in [-0.1, -0.05) is 51.1 Å². The largest absolute Gasteiger partial charge is 0.523 e. The molecule has 1 aliphatic rings. The van der Waals surface area contributed by atoms with Crippen LogP contribution in [-0.4, -0.2) is 46.8 Å². The molecule has 1 heterocycles. The summed E-state index contributed by atoms with van der Waals surface area (Å²) in [4.78, 5) is 0. The summed E-state index contributed by atoms with van der Waals surface area (Å²) in [5.41, 5.74) is -4.77.